The van der Waals surface area contributed by atoms with E-state index in [0.29, 0.717) is 43.8 Å². The average Bonchev–Trinajstić information content (AvgIpc) is 3.56. The van der Waals surface area contributed by atoms with E-state index in [1.165, 1.54) is 6.33 Å². The van der Waals surface area contributed by atoms with Gasteiger partial charge < -0.3 is 24.0 Å². The number of nitriles is 1. The Labute approximate surface area is 326 Å². The van der Waals surface area contributed by atoms with Crippen LogP contribution in [0.4, 0.5) is 5.82 Å². The fourth-order valence-electron chi connectivity index (χ4n) is 7.44. The van der Waals surface area contributed by atoms with E-state index >= 15 is 0 Å². The van der Waals surface area contributed by atoms with Crippen molar-refractivity contribution in [3.8, 4) is 6.07 Å². The molecule has 1 aliphatic heterocycles. The number of nitrogens with zero attached hydrogens (tertiary/aromatic N) is 6. The lowest BCUT2D eigenvalue weighted by Gasteiger charge is -2.42. The number of anilines is 1. The molecule has 0 bridgehead atoms. The van der Waals surface area contributed by atoms with E-state index in [-0.39, 0.29) is 85.8 Å². The van der Waals surface area contributed by atoms with Crippen molar-refractivity contribution >= 4 is 46.6 Å². The van der Waals surface area contributed by atoms with Gasteiger partial charge in [-0.05, 0) is 61.3 Å². The van der Waals surface area contributed by atoms with E-state index < -0.39 is 24.0 Å². The Balaban J connectivity index is 1.62. The third kappa shape index (κ3) is 12.8. The second-order valence-corrected chi connectivity index (χ2v) is 16.1. The second-order valence-electron chi connectivity index (χ2n) is 16.1. The molecule has 3 rings (SSSR count). The summed E-state index contributed by atoms with van der Waals surface area (Å²) < 4.78 is 17.8. The number of amides is 1. The highest BCUT2D eigenvalue weighted by atomic mass is 16.6. The summed E-state index contributed by atoms with van der Waals surface area (Å²) in [6, 6.07) is 3.80. The minimum absolute atomic E-state index is 0.0205. The first-order valence-electron chi connectivity index (χ1n) is 19.8. The van der Waals surface area contributed by atoms with Crippen LogP contribution < -0.4 is 4.90 Å². The van der Waals surface area contributed by atoms with Crippen molar-refractivity contribution in [2.24, 2.45) is 29.1 Å². The number of carbonyl (C=O) groups is 5. The maximum atomic E-state index is 13.9. The number of esters is 3. The van der Waals surface area contributed by atoms with Gasteiger partial charge in [-0.1, -0.05) is 55.4 Å². The number of likely N-dealkylation sites (tertiary alicyclic amines) is 1. The number of hydrogen-bond donors (Lipinski definition) is 0. The molecule has 1 fully saturated rings. The molecule has 2 aromatic heterocycles. The van der Waals surface area contributed by atoms with Crippen LogP contribution in [-0.4, -0.2) is 94.7 Å². The summed E-state index contributed by atoms with van der Waals surface area (Å²) in [5.74, 6) is -0.802. The lowest BCUT2D eigenvalue weighted by atomic mass is 9.71. The van der Waals surface area contributed by atoms with Crippen molar-refractivity contribution < 1.29 is 38.2 Å². The molecule has 0 radical (unpaired) electrons. The van der Waals surface area contributed by atoms with Crippen molar-refractivity contribution in [3.63, 3.8) is 0 Å². The smallest absolute Gasteiger partial charge is 0.306 e. The Morgan fingerprint density at radius 3 is 2.25 bits per heavy atom. The molecule has 0 aromatic carbocycles. The van der Waals surface area contributed by atoms with E-state index in [1.54, 1.807) is 15.7 Å². The summed E-state index contributed by atoms with van der Waals surface area (Å²) in [5, 5.41) is 9.78. The van der Waals surface area contributed by atoms with Crippen LogP contribution in [0.5, 0.6) is 0 Å². The number of rotatable bonds is 20. The van der Waals surface area contributed by atoms with Gasteiger partial charge in [0, 0.05) is 51.5 Å². The Hall–Kier alpha value is -4.54. The number of likely N-dealkylation sites (N-methyl/N-ethyl adjacent to an activating group) is 1. The summed E-state index contributed by atoms with van der Waals surface area (Å²) in [6.07, 6.45) is 6.22. The predicted molar refractivity (Wildman–Crippen MR) is 208 cm³/mol. The Bertz CT molecular complexity index is 1650. The molecule has 1 amide bonds. The van der Waals surface area contributed by atoms with E-state index in [2.05, 4.69) is 42.6 Å². The zero-order valence-corrected chi connectivity index (χ0v) is 34.3. The van der Waals surface area contributed by atoms with E-state index in [9.17, 15) is 24.0 Å². The topological polar surface area (TPSA) is 174 Å². The molecule has 14 heteroatoms. The van der Waals surface area contributed by atoms with Gasteiger partial charge in [0.25, 0.3) is 0 Å². The van der Waals surface area contributed by atoms with Gasteiger partial charge in [0.2, 0.25) is 11.8 Å². The van der Waals surface area contributed by atoms with Crippen molar-refractivity contribution in [2.75, 3.05) is 38.3 Å². The molecular weight excluding hydrogens is 704 g/mol. The number of piperidine rings is 1. The van der Waals surface area contributed by atoms with Crippen LogP contribution in [0.2, 0.25) is 0 Å². The largest absolute Gasteiger partial charge is 0.462 e. The molecule has 2 aromatic rings. The predicted octanol–water partition coefficient (Wildman–Crippen LogP) is 6.36. The van der Waals surface area contributed by atoms with Gasteiger partial charge in [-0.25, -0.2) is 9.97 Å². The van der Waals surface area contributed by atoms with Crippen LogP contribution in [0.25, 0.3) is 11.0 Å². The number of ether oxygens (including phenoxy) is 3. The Morgan fingerprint density at radius 1 is 1.02 bits per heavy atom. The Morgan fingerprint density at radius 2 is 1.65 bits per heavy atom. The van der Waals surface area contributed by atoms with Gasteiger partial charge in [0.05, 0.1) is 17.5 Å². The maximum Gasteiger partial charge on any atom is 0.306 e. The molecule has 1 aliphatic rings. The van der Waals surface area contributed by atoms with Crippen molar-refractivity contribution in [1.29, 1.82) is 5.26 Å². The molecule has 1 saturated heterocycles. The van der Waals surface area contributed by atoms with Gasteiger partial charge in [0.1, 0.15) is 31.8 Å². The van der Waals surface area contributed by atoms with Gasteiger partial charge >= 0.3 is 17.9 Å². The minimum atomic E-state index is -0.895. The molecular formula is C41H62N6O8. The van der Waals surface area contributed by atoms with Crippen LogP contribution >= 0.6 is 0 Å². The standard InChI is InChI=1S/C41H62N6O8/c1-10-12-35(49)53-24-31(25-54-36(50)13-11-2)55-37(51)21-30(6)41(7,8)22-27(3)20-29(5)40(52)47-19-16-32-38(43-26-44-39(32)47)45(9)33-23-46(18-15-28(33)4)34(48)14-17-42/h16,19,26-31,33H,10-15,18,20-25H2,1-9H3/t27?,28-,29?,30?,33+/m1/s1. The summed E-state index contributed by atoms with van der Waals surface area (Å²) in [5.41, 5.74) is 0.240. The second kappa shape index (κ2) is 20.9. The lowest BCUT2D eigenvalue weighted by Crippen LogP contribution is -2.52. The quantitative estimate of drug-likeness (QED) is 0.108. The van der Waals surface area contributed by atoms with Gasteiger partial charge in [-0.3, -0.25) is 28.5 Å². The summed E-state index contributed by atoms with van der Waals surface area (Å²) >= 11 is 0. The average molecular weight is 767 g/mol. The minimum Gasteiger partial charge on any atom is -0.462 e. The van der Waals surface area contributed by atoms with Crippen molar-refractivity contribution in [1.82, 2.24) is 19.4 Å². The lowest BCUT2D eigenvalue weighted by molar-refractivity contribution is -0.168. The molecule has 0 spiro atoms. The van der Waals surface area contributed by atoms with Crippen LogP contribution in [0.3, 0.4) is 0 Å². The third-order valence-corrected chi connectivity index (χ3v) is 11.0. The Kier molecular flexibility index (Phi) is 17.1. The zero-order valence-electron chi connectivity index (χ0n) is 34.3. The fourth-order valence-corrected chi connectivity index (χ4v) is 7.44. The number of fused-ring (bicyclic) bond motifs is 1. The number of hydrogen-bond acceptors (Lipinski definition) is 12. The van der Waals surface area contributed by atoms with Gasteiger partial charge in [-0.15, -0.1) is 0 Å². The summed E-state index contributed by atoms with van der Waals surface area (Å²) in [4.78, 5) is 76.3. The van der Waals surface area contributed by atoms with Crippen LogP contribution in [-0.2, 0) is 33.4 Å². The summed E-state index contributed by atoms with van der Waals surface area (Å²) in [7, 11) is 1.95. The highest BCUT2D eigenvalue weighted by Crippen LogP contribution is 2.38. The summed E-state index contributed by atoms with van der Waals surface area (Å²) in [6.45, 7) is 16.8. The van der Waals surface area contributed by atoms with E-state index in [1.807, 2.05) is 46.9 Å². The molecule has 3 heterocycles. The van der Waals surface area contributed by atoms with Crippen LogP contribution in [0, 0.1) is 40.4 Å². The molecule has 5 atom stereocenters. The molecule has 0 aliphatic carbocycles. The normalized spacial score (nSPS) is 17.6. The van der Waals surface area contributed by atoms with Crippen LogP contribution in [0.1, 0.15) is 118 Å². The van der Waals surface area contributed by atoms with E-state index in [0.717, 1.165) is 18.2 Å². The van der Waals surface area contributed by atoms with E-state index in [4.69, 9.17) is 19.5 Å². The number of aromatic nitrogens is 3. The molecule has 3 unspecified atom stereocenters. The van der Waals surface area contributed by atoms with Gasteiger partial charge in [-0.2, -0.15) is 5.26 Å². The third-order valence-electron chi connectivity index (χ3n) is 11.0. The SMILES string of the molecule is CCCC(=O)OCC(COC(=O)CCC)OC(=O)CC(C)C(C)(C)CC(C)CC(C)C(=O)n1ccc2c(N(C)[C@H]3CN(C(=O)CC#N)CC[C@H]3C)ncnc21. The zero-order chi connectivity index (χ0) is 40.9. The molecule has 0 saturated carbocycles. The molecule has 304 valence electrons. The highest BCUT2D eigenvalue weighted by Gasteiger charge is 2.34. The maximum absolute atomic E-state index is 13.9. The molecule has 0 N–H and O–H groups in total. The van der Waals surface area contributed by atoms with Crippen LogP contribution in [0.15, 0.2) is 18.6 Å². The van der Waals surface area contributed by atoms with Crippen molar-refractivity contribution in [2.45, 2.75) is 125 Å². The van der Waals surface area contributed by atoms with Gasteiger partial charge in [0.15, 0.2) is 11.8 Å². The molecule has 14 nitrogen and oxygen atoms in total. The first-order chi connectivity index (χ1) is 26.0. The number of carbonyl (C=O) groups excluding carboxylic acids is 5. The first-order valence-corrected chi connectivity index (χ1v) is 19.8. The van der Waals surface area contributed by atoms with Crippen molar-refractivity contribution in [3.05, 3.63) is 18.6 Å². The fraction of sp³-hybridized carbons (Fsp3) is 0.707. The monoisotopic (exact) mass is 766 g/mol. The highest BCUT2D eigenvalue weighted by molar-refractivity contribution is 5.96. The molecule has 55 heavy (non-hydrogen) atoms. The first kappa shape index (κ1) is 44.9.